The lowest BCUT2D eigenvalue weighted by Crippen LogP contribution is -2.15. The molecule has 0 aliphatic heterocycles. The molecule has 0 saturated heterocycles. The van der Waals surface area contributed by atoms with Gasteiger partial charge >= 0.3 is 0 Å². The van der Waals surface area contributed by atoms with Crippen molar-refractivity contribution >= 4 is 11.3 Å². The van der Waals surface area contributed by atoms with Crippen LogP contribution in [-0.4, -0.2) is 29.9 Å². The molecule has 7 nitrogen and oxygen atoms in total. The molecule has 0 unspecified atom stereocenters. The fraction of sp³-hybridized carbons (Fsp3) is 0.118. The number of H-pyrrole nitrogens is 1. The molecule has 0 spiro atoms. The molecule has 0 fully saturated rings. The number of benzene rings is 1. The zero-order valence-electron chi connectivity index (χ0n) is 13.7. The average molecular weight is 368 g/mol. The minimum Gasteiger partial charge on any atom is -0.267 e. The first-order valence-corrected chi connectivity index (χ1v) is 8.64. The molecule has 4 rings (SSSR count). The highest BCUT2D eigenvalue weighted by molar-refractivity contribution is 7.13. The zero-order chi connectivity index (χ0) is 18.1. The van der Waals surface area contributed by atoms with Crippen molar-refractivity contribution in [3.8, 4) is 22.2 Å². The van der Waals surface area contributed by atoms with Crippen LogP contribution in [0.1, 0.15) is 11.3 Å². The number of nitrogens with zero attached hydrogens (tertiary/aromatic N) is 5. The summed E-state index contributed by atoms with van der Waals surface area (Å²) in [5.74, 6) is 0.384. The van der Waals surface area contributed by atoms with Crippen LogP contribution in [0.4, 0.5) is 4.39 Å². The van der Waals surface area contributed by atoms with Crippen LogP contribution in [0.5, 0.6) is 0 Å². The SMILES string of the molecule is Cc1cc(-c2nc(-c3nccs3)nn2Cc2ccccc2F)c(=O)[nH]n1. The van der Waals surface area contributed by atoms with Crippen molar-refractivity contribution in [3.05, 3.63) is 69.3 Å². The maximum atomic E-state index is 14.1. The number of thiazole rings is 1. The lowest BCUT2D eigenvalue weighted by Gasteiger charge is -2.07. The summed E-state index contributed by atoms with van der Waals surface area (Å²) in [7, 11) is 0. The Morgan fingerprint density at radius 2 is 2.15 bits per heavy atom. The normalized spacial score (nSPS) is 11.0. The monoisotopic (exact) mass is 368 g/mol. The van der Waals surface area contributed by atoms with E-state index < -0.39 is 0 Å². The number of rotatable bonds is 4. The second kappa shape index (κ2) is 6.60. The summed E-state index contributed by atoms with van der Waals surface area (Å²) in [6.45, 7) is 1.90. The van der Waals surface area contributed by atoms with Crippen molar-refractivity contribution in [1.82, 2.24) is 29.9 Å². The topological polar surface area (TPSA) is 89.4 Å². The van der Waals surface area contributed by atoms with Crippen LogP contribution in [0, 0.1) is 12.7 Å². The molecule has 3 aromatic heterocycles. The van der Waals surface area contributed by atoms with E-state index in [1.807, 2.05) is 5.38 Å². The molecule has 1 N–H and O–H groups in total. The molecule has 0 aliphatic rings. The van der Waals surface area contributed by atoms with E-state index in [9.17, 15) is 9.18 Å². The Labute approximate surface area is 151 Å². The standard InChI is InChI=1S/C17H13FN6OS/c1-10-8-12(16(25)22-21-10)15-20-14(17-19-6-7-26-17)23-24(15)9-11-4-2-3-5-13(11)18/h2-8H,9H2,1H3,(H,22,25). The first kappa shape index (κ1) is 16.3. The third-order valence-corrected chi connectivity index (χ3v) is 4.51. The molecule has 1 aromatic carbocycles. The zero-order valence-corrected chi connectivity index (χ0v) is 14.5. The van der Waals surface area contributed by atoms with Crippen molar-refractivity contribution in [2.45, 2.75) is 13.5 Å². The predicted octanol–water partition coefficient (Wildman–Crippen LogP) is 2.65. The smallest absolute Gasteiger partial charge is 0.267 e. The number of aromatic amines is 1. The molecular weight excluding hydrogens is 355 g/mol. The molecule has 0 amide bonds. The van der Waals surface area contributed by atoms with Crippen LogP contribution >= 0.6 is 11.3 Å². The highest BCUT2D eigenvalue weighted by Gasteiger charge is 2.19. The van der Waals surface area contributed by atoms with Crippen molar-refractivity contribution in [1.29, 1.82) is 0 Å². The molecule has 3 heterocycles. The fourth-order valence-corrected chi connectivity index (χ4v) is 3.10. The van der Waals surface area contributed by atoms with Gasteiger partial charge in [-0.15, -0.1) is 16.4 Å². The number of nitrogens with one attached hydrogen (secondary N) is 1. The van der Waals surface area contributed by atoms with Crippen LogP contribution in [0.2, 0.25) is 0 Å². The highest BCUT2D eigenvalue weighted by Crippen LogP contribution is 2.23. The Morgan fingerprint density at radius 1 is 1.31 bits per heavy atom. The molecule has 130 valence electrons. The van der Waals surface area contributed by atoms with Gasteiger partial charge in [-0.05, 0) is 19.1 Å². The summed E-state index contributed by atoms with van der Waals surface area (Å²) in [6.07, 6.45) is 1.65. The predicted molar refractivity (Wildman–Crippen MR) is 95.2 cm³/mol. The summed E-state index contributed by atoms with van der Waals surface area (Å²) in [5, 5.41) is 13.2. The van der Waals surface area contributed by atoms with E-state index in [1.165, 1.54) is 22.1 Å². The summed E-state index contributed by atoms with van der Waals surface area (Å²) in [5.41, 5.74) is 1.02. The molecular formula is C17H13FN6OS. The lowest BCUT2D eigenvalue weighted by molar-refractivity contribution is 0.587. The van der Waals surface area contributed by atoms with Gasteiger partial charge in [0.25, 0.3) is 5.56 Å². The fourth-order valence-electron chi connectivity index (χ4n) is 2.54. The van der Waals surface area contributed by atoms with E-state index in [0.29, 0.717) is 33.5 Å². The molecule has 0 saturated carbocycles. The molecule has 4 aromatic rings. The van der Waals surface area contributed by atoms with Crippen molar-refractivity contribution < 1.29 is 4.39 Å². The largest absolute Gasteiger partial charge is 0.275 e. The van der Waals surface area contributed by atoms with Gasteiger partial charge in [-0.1, -0.05) is 18.2 Å². The van der Waals surface area contributed by atoms with Crippen LogP contribution in [0.25, 0.3) is 22.2 Å². The first-order valence-electron chi connectivity index (χ1n) is 7.76. The summed E-state index contributed by atoms with van der Waals surface area (Å²) >= 11 is 1.39. The van der Waals surface area contributed by atoms with Gasteiger partial charge in [-0.25, -0.2) is 24.1 Å². The minimum absolute atomic E-state index is 0.140. The Balaban J connectivity index is 1.87. The first-order chi connectivity index (χ1) is 12.6. The maximum Gasteiger partial charge on any atom is 0.275 e. The van der Waals surface area contributed by atoms with Crippen molar-refractivity contribution in [2.75, 3.05) is 0 Å². The molecule has 0 aliphatic carbocycles. The summed E-state index contributed by atoms with van der Waals surface area (Å²) < 4.78 is 15.6. The Bertz CT molecular complexity index is 1120. The van der Waals surface area contributed by atoms with Crippen molar-refractivity contribution in [2.24, 2.45) is 0 Å². The van der Waals surface area contributed by atoms with Crippen LogP contribution < -0.4 is 5.56 Å². The third kappa shape index (κ3) is 3.04. The van der Waals surface area contributed by atoms with E-state index in [-0.39, 0.29) is 17.9 Å². The number of aromatic nitrogens is 6. The number of aryl methyl sites for hydroxylation is 1. The summed E-state index contributed by atoms with van der Waals surface area (Å²) in [4.78, 5) is 20.9. The molecule has 9 heteroatoms. The lowest BCUT2D eigenvalue weighted by atomic mass is 10.2. The van der Waals surface area contributed by atoms with Crippen LogP contribution in [0.15, 0.2) is 46.7 Å². The Morgan fingerprint density at radius 3 is 2.92 bits per heavy atom. The molecule has 26 heavy (non-hydrogen) atoms. The van der Waals surface area contributed by atoms with Gasteiger partial charge < -0.3 is 0 Å². The van der Waals surface area contributed by atoms with Crippen LogP contribution in [-0.2, 0) is 6.54 Å². The van der Waals surface area contributed by atoms with Gasteiger partial charge in [0.05, 0.1) is 17.8 Å². The van der Waals surface area contributed by atoms with Gasteiger partial charge in [0, 0.05) is 17.1 Å². The third-order valence-electron chi connectivity index (χ3n) is 3.75. The van der Waals surface area contributed by atoms with Gasteiger partial charge in [0.2, 0.25) is 5.82 Å². The molecule has 0 atom stereocenters. The van der Waals surface area contributed by atoms with Gasteiger partial charge in [-0.3, -0.25) is 4.79 Å². The number of hydrogen-bond acceptors (Lipinski definition) is 6. The van der Waals surface area contributed by atoms with E-state index in [4.69, 9.17) is 0 Å². The minimum atomic E-state index is -0.386. The quantitative estimate of drug-likeness (QED) is 0.598. The van der Waals surface area contributed by atoms with E-state index in [2.05, 4.69) is 25.3 Å². The van der Waals surface area contributed by atoms with E-state index >= 15 is 0 Å². The molecule has 0 bridgehead atoms. The van der Waals surface area contributed by atoms with Crippen molar-refractivity contribution in [3.63, 3.8) is 0 Å². The maximum absolute atomic E-state index is 14.1. The number of halogens is 1. The van der Waals surface area contributed by atoms with Gasteiger partial charge in [0.15, 0.2) is 10.8 Å². The Hall–Kier alpha value is -3.20. The summed E-state index contributed by atoms with van der Waals surface area (Å²) in [6, 6.07) is 8.06. The van der Waals surface area contributed by atoms with Gasteiger partial charge in [0.1, 0.15) is 5.82 Å². The van der Waals surface area contributed by atoms with Crippen LogP contribution in [0.3, 0.4) is 0 Å². The van der Waals surface area contributed by atoms with E-state index in [1.54, 1.807) is 37.4 Å². The second-order valence-corrected chi connectivity index (χ2v) is 6.49. The molecule has 0 radical (unpaired) electrons. The average Bonchev–Trinajstić information content (AvgIpc) is 3.29. The second-order valence-electron chi connectivity index (χ2n) is 5.60. The highest BCUT2D eigenvalue weighted by atomic mass is 32.1. The van der Waals surface area contributed by atoms with E-state index in [0.717, 1.165) is 0 Å². The Kier molecular flexibility index (Phi) is 4.13. The van der Waals surface area contributed by atoms with Gasteiger partial charge in [-0.2, -0.15) is 5.10 Å². The number of hydrogen-bond donors (Lipinski definition) is 1.